The van der Waals surface area contributed by atoms with Crippen LogP contribution < -0.4 is 5.32 Å². The summed E-state index contributed by atoms with van der Waals surface area (Å²) in [5.74, 6) is 0.631. The lowest BCUT2D eigenvalue weighted by molar-refractivity contribution is 0.190. The van der Waals surface area contributed by atoms with Crippen molar-refractivity contribution in [2.24, 2.45) is 0 Å². The van der Waals surface area contributed by atoms with Gasteiger partial charge in [-0.05, 0) is 31.3 Å². The molecule has 3 heteroatoms. The highest BCUT2D eigenvalue weighted by molar-refractivity contribution is 6.31. The third-order valence-corrected chi connectivity index (χ3v) is 3.28. The lowest BCUT2D eigenvalue weighted by atomic mass is 9.91. The number of nitrogens with one attached hydrogen (secondary N) is 1. The van der Waals surface area contributed by atoms with Crippen molar-refractivity contribution < 1.29 is 0 Å². The molecule has 0 atom stereocenters. The van der Waals surface area contributed by atoms with Gasteiger partial charge in [0.15, 0.2) is 0 Å². The summed E-state index contributed by atoms with van der Waals surface area (Å²) in [6.07, 6.45) is 0. The van der Waals surface area contributed by atoms with Crippen LogP contribution in [-0.4, -0.2) is 32.1 Å². The number of hydrogen-bond acceptors (Lipinski definition) is 2. The smallest absolute Gasteiger partial charge is 0.0445 e. The predicted molar refractivity (Wildman–Crippen MR) is 64.5 cm³/mol. The summed E-state index contributed by atoms with van der Waals surface area (Å²) in [6.45, 7) is 3.14. The first-order chi connectivity index (χ1) is 7.20. The number of likely N-dealkylation sites (tertiary alicyclic amines) is 1. The molecule has 0 radical (unpaired) electrons. The zero-order chi connectivity index (χ0) is 10.8. The normalized spacial score (nSPS) is 17.8. The van der Waals surface area contributed by atoms with E-state index < -0.39 is 0 Å². The molecule has 2 nitrogen and oxygen atoms in total. The molecule has 1 aromatic carbocycles. The molecule has 0 saturated carbocycles. The molecule has 1 aromatic rings. The first-order valence-corrected chi connectivity index (χ1v) is 5.70. The Labute approximate surface area is 96.2 Å². The van der Waals surface area contributed by atoms with Crippen molar-refractivity contribution in [2.75, 3.05) is 27.2 Å². The van der Waals surface area contributed by atoms with E-state index in [-0.39, 0.29) is 0 Å². The van der Waals surface area contributed by atoms with E-state index in [2.05, 4.69) is 35.5 Å². The number of likely N-dealkylation sites (N-methyl/N-ethyl adjacent to an activating group) is 1. The fourth-order valence-corrected chi connectivity index (χ4v) is 2.47. The highest BCUT2D eigenvalue weighted by atomic mass is 35.5. The van der Waals surface area contributed by atoms with Gasteiger partial charge in [-0.15, -0.1) is 0 Å². The molecule has 2 rings (SSSR count). The van der Waals surface area contributed by atoms with Gasteiger partial charge in [0.25, 0.3) is 0 Å². The molecule has 0 aromatic heterocycles. The Bertz CT molecular complexity index is 345. The lowest BCUT2D eigenvalue weighted by Crippen LogP contribution is -2.41. The van der Waals surface area contributed by atoms with E-state index in [1.807, 2.05) is 7.05 Å². The molecular weight excluding hydrogens is 208 g/mol. The topological polar surface area (TPSA) is 15.3 Å². The summed E-state index contributed by atoms with van der Waals surface area (Å²) >= 11 is 6.27. The second kappa shape index (κ2) is 4.52. The van der Waals surface area contributed by atoms with E-state index in [4.69, 9.17) is 11.6 Å². The Morgan fingerprint density at radius 3 is 2.73 bits per heavy atom. The van der Waals surface area contributed by atoms with Crippen LogP contribution in [0.25, 0.3) is 0 Å². The largest absolute Gasteiger partial charge is 0.316 e. The minimum Gasteiger partial charge on any atom is -0.316 e. The Kier molecular flexibility index (Phi) is 3.29. The first kappa shape index (κ1) is 10.9. The maximum atomic E-state index is 6.27. The second-order valence-electron chi connectivity index (χ2n) is 4.30. The molecule has 0 unspecified atom stereocenters. The number of halogens is 1. The quantitative estimate of drug-likeness (QED) is 0.846. The van der Waals surface area contributed by atoms with Crippen LogP contribution in [0.5, 0.6) is 0 Å². The fourth-order valence-electron chi connectivity index (χ4n) is 2.11. The SMILES string of the molecule is CNCc1ccc(C2CN(C)C2)c(Cl)c1. The number of rotatable bonds is 3. The van der Waals surface area contributed by atoms with Gasteiger partial charge in [0.2, 0.25) is 0 Å². The van der Waals surface area contributed by atoms with Gasteiger partial charge in [0.05, 0.1) is 0 Å². The Morgan fingerprint density at radius 1 is 1.47 bits per heavy atom. The summed E-state index contributed by atoms with van der Waals surface area (Å²) in [4.78, 5) is 2.31. The van der Waals surface area contributed by atoms with Crippen molar-refractivity contribution >= 4 is 11.6 Å². The summed E-state index contributed by atoms with van der Waals surface area (Å²) in [6, 6.07) is 6.41. The average molecular weight is 225 g/mol. The molecule has 0 amide bonds. The van der Waals surface area contributed by atoms with E-state index in [0.717, 1.165) is 24.7 Å². The number of hydrogen-bond donors (Lipinski definition) is 1. The van der Waals surface area contributed by atoms with Gasteiger partial charge in [-0.1, -0.05) is 23.7 Å². The first-order valence-electron chi connectivity index (χ1n) is 5.32. The fraction of sp³-hybridized carbons (Fsp3) is 0.500. The minimum absolute atomic E-state index is 0.631. The Hall–Kier alpha value is -0.570. The summed E-state index contributed by atoms with van der Waals surface area (Å²) in [5.41, 5.74) is 2.55. The maximum Gasteiger partial charge on any atom is 0.0445 e. The molecule has 1 aliphatic heterocycles. The van der Waals surface area contributed by atoms with Gasteiger partial charge in [0, 0.05) is 30.6 Å². The van der Waals surface area contributed by atoms with Crippen molar-refractivity contribution in [1.29, 1.82) is 0 Å². The van der Waals surface area contributed by atoms with E-state index in [9.17, 15) is 0 Å². The number of nitrogens with zero attached hydrogens (tertiary/aromatic N) is 1. The Morgan fingerprint density at radius 2 is 2.20 bits per heavy atom. The van der Waals surface area contributed by atoms with Crippen LogP contribution >= 0.6 is 11.6 Å². The van der Waals surface area contributed by atoms with Gasteiger partial charge in [0.1, 0.15) is 0 Å². The van der Waals surface area contributed by atoms with Gasteiger partial charge < -0.3 is 10.2 Å². The highest BCUT2D eigenvalue weighted by Crippen LogP contribution is 2.31. The molecule has 82 valence electrons. The standard InChI is InChI=1S/C12H17ClN2/c1-14-6-9-3-4-11(12(13)5-9)10-7-15(2)8-10/h3-5,10,14H,6-8H2,1-2H3. The average Bonchev–Trinajstić information content (AvgIpc) is 2.15. The second-order valence-corrected chi connectivity index (χ2v) is 4.71. The monoisotopic (exact) mass is 224 g/mol. The van der Waals surface area contributed by atoms with Crippen LogP contribution in [0.15, 0.2) is 18.2 Å². The molecule has 1 heterocycles. The van der Waals surface area contributed by atoms with E-state index in [1.54, 1.807) is 0 Å². The van der Waals surface area contributed by atoms with E-state index in [1.165, 1.54) is 11.1 Å². The van der Waals surface area contributed by atoms with Gasteiger partial charge >= 0.3 is 0 Å². The van der Waals surface area contributed by atoms with Crippen LogP contribution in [0.2, 0.25) is 5.02 Å². The summed E-state index contributed by atoms with van der Waals surface area (Å²) in [7, 11) is 4.09. The van der Waals surface area contributed by atoms with Crippen LogP contribution in [0, 0.1) is 0 Å². The third-order valence-electron chi connectivity index (χ3n) is 2.95. The molecule has 0 aliphatic carbocycles. The van der Waals surface area contributed by atoms with Gasteiger partial charge in [-0.2, -0.15) is 0 Å². The lowest BCUT2D eigenvalue weighted by Gasteiger charge is -2.37. The molecule has 15 heavy (non-hydrogen) atoms. The maximum absolute atomic E-state index is 6.27. The predicted octanol–water partition coefficient (Wildman–Crippen LogP) is 2.09. The van der Waals surface area contributed by atoms with E-state index >= 15 is 0 Å². The third kappa shape index (κ3) is 2.33. The molecule has 0 bridgehead atoms. The van der Waals surface area contributed by atoms with Crippen LogP contribution in [0.1, 0.15) is 17.0 Å². The Balaban J connectivity index is 2.12. The van der Waals surface area contributed by atoms with Crippen LogP contribution in [0.4, 0.5) is 0 Å². The van der Waals surface area contributed by atoms with Gasteiger partial charge in [-0.3, -0.25) is 0 Å². The zero-order valence-corrected chi connectivity index (χ0v) is 10.0. The molecule has 1 saturated heterocycles. The van der Waals surface area contributed by atoms with Crippen LogP contribution in [0.3, 0.4) is 0 Å². The molecule has 1 N–H and O–H groups in total. The molecule has 0 spiro atoms. The minimum atomic E-state index is 0.631. The molecular formula is C12H17ClN2. The van der Waals surface area contributed by atoms with Crippen LogP contribution in [-0.2, 0) is 6.54 Å². The molecule has 1 aliphatic rings. The van der Waals surface area contributed by atoms with Crippen molar-refractivity contribution in [3.63, 3.8) is 0 Å². The van der Waals surface area contributed by atoms with Gasteiger partial charge in [-0.25, -0.2) is 0 Å². The summed E-state index contributed by atoms with van der Waals surface area (Å²) in [5, 5.41) is 4.05. The molecule has 1 fully saturated rings. The van der Waals surface area contributed by atoms with Crippen molar-refractivity contribution in [3.8, 4) is 0 Å². The van der Waals surface area contributed by atoms with Crippen molar-refractivity contribution in [1.82, 2.24) is 10.2 Å². The summed E-state index contributed by atoms with van der Waals surface area (Å²) < 4.78 is 0. The zero-order valence-electron chi connectivity index (χ0n) is 9.26. The van der Waals surface area contributed by atoms with E-state index in [0.29, 0.717) is 5.92 Å². The number of benzene rings is 1. The highest BCUT2D eigenvalue weighted by Gasteiger charge is 2.26. The van der Waals surface area contributed by atoms with Crippen molar-refractivity contribution in [3.05, 3.63) is 34.3 Å². The van der Waals surface area contributed by atoms with Crippen molar-refractivity contribution in [2.45, 2.75) is 12.5 Å².